The summed E-state index contributed by atoms with van der Waals surface area (Å²) in [6, 6.07) is 0.442. The summed E-state index contributed by atoms with van der Waals surface area (Å²) in [5, 5.41) is 6.93. The number of nitrogens with one attached hydrogen (secondary N) is 2. The molecule has 5 nitrogen and oxygen atoms in total. The van der Waals surface area contributed by atoms with Crippen molar-refractivity contribution in [2.24, 2.45) is 10.4 Å². The topological polar surface area (TPSA) is 54.9 Å². The highest BCUT2D eigenvalue weighted by molar-refractivity contribution is 14.0. The van der Waals surface area contributed by atoms with Gasteiger partial charge in [0.1, 0.15) is 0 Å². The van der Waals surface area contributed by atoms with Crippen LogP contribution in [-0.2, 0) is 9.47 Å². The van der Waals surface area contributed by atoms with Crippen LogP contribution in [-0.4, -0.2) is 52.0 Å². The van der Waals surface area contributed by atoms with E-state index in [0.29, 0.717) is 12.1 Å². The van der Waals surface area contributed by atoms with Crippen LogP contribution in [0, 0.1) is 5.41 Å². The lowest BCUT2D eigenvalue weighted by atomic mass is 9.58. The maximum Gasteiger partial charge on any atom is 0.191 e. The lowest BCUT2D eigenvalue weighted by Crippen LogP contribution is -2.65. The Morgan fingerprint density at radius 3 is 2.45 bits per heavy atom. The predicted octanol–water partition coefficient (Wildman–Crippen LogP) is 2.79. The van der Waals surface area contributed by atoms with Crippen molar-refractivity contribution in [1.82, 2.24) is 10.6 Å². The molecular formula is C16H34IN3O2. The van der Waals surface area contributed by atoms with Crippen molar-refractivity contribution in [3.63, 3.8) is 0 Å². The number of methoxy groups -OCH3 is 1. The fourth-order valence-electron chi connectivity index (χ4n) is 3.37. The first kappa shape index (κ1) is 21.9. The largest absolute Gasteiger partial charge is 0.385 e. The Labute approximate surface area is 153 Å². The first-order valence-electron chi connectivity index (χ1n) is 8.26. The molecule has 0 aromatic carbocycles. The van der Waals surface area contributed by atoms with Gasteiger partial charge in [0.05, 0.1) is 6.10 Å². The van der Waals surface area contributed by atoms with Crippen LogP contribution in [0.25, 0.3) is 0 Å². The number of ether oxygens (including phenoxy) is 2. The van der Waals surface area contributed by atoms with Crippen LogP contribution in [0.1, 0.15) is 46.5 Å². The van der Waals surface area contributed by atoms with Crippen molar-refractivity contribution in [3.8, 4) is 0 Å². The summed E-state index contributed by atoms with van der Waals surface area (Å²) in [5.41, 5.74) is 0.236. The lowest BCUT2D eigenvalue weighted by molar-refractivity contribution is -0.133. The number of hydrogen-bond acceptors (Lipinski definition) is 3. The van der Waals surface area contributed by atoms with Crippen LogP contribution in [0.15, 0.2) is 4.99 Å². The second-order valence-electron chi connectivity index (χ2n) is 5.66. The first-order valence-corrected chi connectivity index (χ1v) is 8.26. The molecule has 1 aliphatic rings. The van der Waals surface area contributed by atoms with Gasteiger partial charge in [0, 0.05) is 45.4 Å². The van der Waals surface area contributed by atoms with Gasteiger partial charge in [-0.3, -0.25) is 4.99 Å². The molecule has 0 radical (unpaired) electrons. The molecule has 1 fully saturated rings. The average Bonchev–Trinajstić information content (AvgIpc) is 2.49. The first-order chi connectivity index (χ1) is 10.2. The van der Waals surface area contributed by atoms with Crippen molar-refractivity contribution in [1.29, 1.82) is 0 Å². The van der Waals surface area contributed by atoms with Gasteiger partial charge in [-0.1, -0.05) is 13.8 Å². The van der Waals surface area contributed by atoms with Gasteiger partial charge in [0.15, 0.2) is 5.96 Å². The summed E-state index contributed by atoms with van der Waals surface area (Å²) in [5.74, 6) is 0.886. The van der Waals surface area contributed by atoms with E-state index in [1.54, 1.807) is 7.11 Å². The van der Waals surface area contributed by atoms with Crippen LogP contribution in [0.2, 0.25) is 0 Å². The normalized spacial score (nSPS) is 23.4. The number of nitrogens with zero attached hydrogens (tertiary/aromatic N) is 1. The molecule has 2 N–H and O–H groups in total. The van der Waals surface area contributed by atoms with Crippen molar-refractivity contribution in [3.05, 3.63) is 0 Å². The van der Waals surface area contributed by atoms with Crippen molar-refractivity contribution >= 4 is 29.9 Å². The predicted molar refractivity (Wildman–Crippen MR) is 103 cm³/mol. The van der Waals surface area contributed by atoms with Crippen molar-refractivity contribution in [2.45, 2.75) is 58.6 Å². The number of aliphatic imine (C=N–C) groups is 1. The van der Waals surface area contributed by atoms with Gasteiger partial charge < -0.3 is 20.1 Å². The second-order valence-corrected chi connectivity index (χ2v) is 5.66. The van der Waals surface area contributed by atoms with E-state index in [2.05, 4.69) is 36.4 Å². The highest BCUT2D eigenvalue weighted by Gasteiger charge is 2.53. The van der Waals surface area contributed by atoms with Crippen LogP contribution in [0.5, 0.6) is 0 Å². The Bertz CT molecular complexity index is 323. The highest BCUT2D eigenvalue weighted by Crippen LogP contribution is 2.48. The van der Waals surface area contributed by atoms with E-state index in [1.165, 1.54) is 0 Å². The van der Waals surface area contributed by atoms with E-state index in [0.717, 1.165) is 51.4 Å². The number of rotatable bonds is 9. The minimum absolute atomic E-state index is 0. The molecule has 0 bridgehead atoms. The van der Waals surface area contributed by atoms with Gasteiger partial charge in [-0.15, -0.1) is 24.0 Å². The van der Waals surface area contributed by atoms with Crippen molar-refractivity contribution in [2.75, 3.05) is 33.9 Å². The molecule has 1 aliphatic carbocycles. The fraction of sp³-hybridized carbons (Fsp3) is 0.938. The summed E-state index contributed by atoms with van der Waals surface area (Å²) >= 11 is 0. The lowest BCUT2D eigenvalue weighted by Gasteiger charge is -2.55. The zero-order chi connectivity index (χ0) is 15.7. The molecule has 132 valence electrons. The molecule has 2 atom stereocenters. The third-order valence-corrected chi connectivity index (χ3v) is 4.82. The molecule has 0 aliphatic heterocycles. The van der Waals surface area contributed by atoms with Gasteiger partial charge in [0.2, 0.25) is 0 Å². The smallest absolute Gasteiger partial charge is 0.191 e. The summed E-state index contributed by atoms with van der Waals surface area (Å²) in [6.45, 7) is 9.04. The summed E-state index contributed by atoms with van der Waals surface area (Å²) in [4.78, 5) is 4.33. The van der Waals surface area contributed by atoms with Gasteiger partial charge in [-0.05, 0) is 32.6 Å². The van der Waals surface area contributed by atoms with E-state index in [1.807, 2.05) is 7.05 Å². The van der Waals surface area contributed by atoms with Gasteiger partial charge >= 0.3 is 0 Å². The molecule has 0 amide bonds. The van der Waals surface area contributed by atoms with E-state index in [9.17, 15) is 0 Å². The number of halogens is 1. The Kier molecular flexibility index (Phi) is 11.4. The van der Waals surface area contributed by atoms with Crippen LogP contribution in [0.3, 0.4) is 0 Å². The molecule has 6 heteroatoms. The van der Waals surface area contributed by atoms with E-state index in [4.69, 9.17) is 9.47 Å². The van der Waals surface area contributed by atoms with Gasteiger partial charge in [-0.2, -0.15) is 0 Å². The molecular weight excluding hydrogens is 393 g/mol. The average molecular weight is 427 g/mol. The Morgan fingerprint density at radius 2 is 1.95 bits per heavy atom. The monoisotopic (exact) mass is 427 g/mol. The molecule has 2 unspecified atom stereocenters. The Hall–Kier alpha value is -0.0800. The zero-order valence-corrected chi connectivity index (χ0v) is 17.1. The summed E-state index contributed by atoms with van der Waals surface area (Å²) in [7, 11) is 3.55. The molecule has 0 saturated heterocycles. The summed E-state index contributed by atoms with van der Waals surface area (Å²) in [6.07, 6.45) is 4.69. The van der Waals surface area contributed by atoms with E-state index in [-0.39, 0.29) is 29.4 Å². The van der Waals surface area contributed by atoms with Crippen LogP contribution >= 0.6 is 24.0 Å². The third kappa shape index (κ3) is 5.23. The maximum absolute atomic E-state index is 5.92. The molecule has 0 aromatic rings. The standard InChI is InChI=1S/C16H33N3O2.HI/c1-6-16(7-2)13(12-14(16)21-8-3)19-15(17-4)18-10-9-11-20-5;/h13-14H,6-12H2,1-5H3,(H2,17,18,19);1H. The quantitative estimate of drug-likeness (QED) is 0.257. The maximum atomic E-state index is 5.92. The SMILES string of the molecule is CCOC1CC(NC(=NC)NCCCOC)C1(CC)CC.I. The van der Waals surface area contributed by atoms with E-state index >= 15 is 0 Å². The molecule has 0 heterocycles. The molecule has 0 aromatic heterocycles. The van der Waals surface area contributed by atoms with Crippen molar-refractivity contribution < 1.29 is 9.47 Å². The van der Waals surface area contributed by atoms with Gasteiger partial charge in [-0.25, -0.2) is 0 Å². The Morgan fingerprint density at radius 1 is 1.27 bits per heavy atom. The molecule has 22 heavy (non-hydrogen) atoms. The minimum Gasteiger partial charge on any atom is -0.385 e. The number of hydrogen-bond donors (Lipinski definition) is 2. The third-order valence-electron chi connectivity index (χ3n) is 4.82. The zero-order valence-electron chi connectivity index (χ0n) is 14.8. The Balaban J connectivity index is 0.00000441. The summed E-state index contributed by atoms with van der Waals surface area (Å²) < 4.78 is 11.0. The molecule has 1 rings (SSSR count). The minimum atomic E-state index is 0. The fourth-order valence-corrected chi connectivity index (χ4v) is 3.37. The highest BCUT2D eigenvalue weighted by atomic mass is 127. The van der Waals surface area contributed by atoms with E-state index < -0.39 is 0 Å². The van der Waals surface area contributed by atoms with Crippen LogP contribution in [0.4, 0.5) is 0 Å². The number of guanidine groups is 1. The molecule has 0 spiro atoms. The second kappa shape index (κ2) is 11.5. The van der Waals surface area contributed by atoms with Gasteiger partial charge in [0.25, 0.3) is 0 Å². The van der Waals surface area contributed by atoms with Crippen LogP contribution < -0.4 is 10.6 Å². The molecule has 1 saturated carbocycles.